The molecule has 5 heteroatoms. The van der Waals surface area contributed by atoms with Gasteiger partial charge in [0.25, 0.3) is 0 Å². The topological polar surface area (TPSA) is 64.6 Å². The molecule has 2 bridgehead atoms. The van der Waals surface area contributed by atoms with E-state index in [0.717, 1.165) is 11.8 Å². The van der Waals surface area contributed by atoms with Crippen LogP contribution in [0.1, 0.15) is 18.4 Å². The molecule has 19 heavy (non-hydrogen) atoms. The molecule has 5 nitrogen and oxygen atoms in total. The van der Waals surface area contributed by atoms with E-state index < -0.39 is 17.2 Å². The van der Waals surface area contributed by atoms with Gasteiger partial charge in [-0.05, 0) is 5.56 Å². The second-order valence-corrected chi connectivity index (χ2v) is 5.29. The number of aldehydes is 1. The molecule has 0 unspecified atom stereocenters. The van der Waals surface area contributed by atoms with E-state index in [4.69, 9.17) is 9.47 Å². The van der Waals surface area contributed by atoms with E-state index in [9.17, 15) is 9.59 Å². The minimum atomic E-state index is -0.660. The first-order valence-electron chi connectivity index (χ1n) is 6.25. The predicted molar refractivity (Wildman–Crippen MR) is 66.5 cm³/mol. The van der Waals surface area contributed by atoms with Crippen LogP contribution in [0.2, 0.25) is 0 Å². The molecule has 1 aliphatic carbocycles. The summed E-state index contributed by atoms with van der Waals surface area (Å²) in [5, 5.41) is 2.81. The van der Waals surface area contributed by atoms with Crippen molar-refractivity contribution in [1.82, 2.24) is 5.32 Å². The van der Waals surface area contributed by atoms with Crippen LogP contribution in [0.25, 0.3) is 0 Å². The predicted octanol–water partition coefficient (Wildman–Crippen LogP) is 1.41. The number of carbonyl (C=O) groups excluding carboxylic acids is 2. The monoisotopic (exact) mass is 261 g/mol. The number of alkyl carbamates (subject to hydrolysis) is 1. The molecule has 0 spiro atoms. The minimum absolute atomic E-state index is 0.239. The molecule has 1 aromatic carbocycles. The third-order valence-corrected chi connectivity index (χ3v) is 3.71. The molecule has 1 amide bonds. The second kappa shape index (κ2) is 4.35. The van der Waals surface area contributed by atoms with Crippen LogP contribution in [-0.4, -0.2) is 30.1 Å². The maximum Gasteiger partial charge on any atom is 0.407 e. The molecule has 2 heterocycles. The van der Waals surface area contributed by atoms with Gasteiger partial charge in [0.1, 0.15) is 12.2 Å². The Bertz CT molecular complexity index is 493. The lowest BCUT2D eigenvalue weighted by Crippen LogP contribution is -2.60. The fourth-order valence-corrected chi connectivity index (χ4v) is 2.80. The molecule has 0 atom stereocenters. The summed E-state index contributed by atoms with van der Waals surface area (Å²) in [5.41, 5.74) is -0.129. The van der Waals surface area contributed by atoms with Gasteiger partial charge in [-0.15, -0.1) is 0 Å². The standard InChI is InChI=1S/C14H15NO4/c16-9-14-7-13(8-14,10-19-14)15-12(17)18-6-11-4-2-1-3-5-11/h1-5,9H,6-8,10H2,(H,15,17). The molecule has 0 radical (unpaired) electrons. The van der Waals surface area contributed by atoms with Crippen molar-refractivity contribution in [2.24, 2.45) is 0 Å². The summed E-state index contributed by atoms with van der Waals surface area (Å²) in [4.78, 5) is 22.6. The van der Waals surface area contributed by atoms with Crippen molar-refractivity contribution in [3.05, 3.63) is 35.9 Å². The Morgan fingerprint density at radius 1 is 1.37 bits per heavy atom. The first-order valence-corrected chi connectivity index (χ1v) is 6.25. The lowest BCUT2D eigenvalue weighted by atomic mass is 9.69. The molecule has 0 aromatic heterocycles. The summed E-state index contributed by atoms with van der Waals surface area (Å²) in [6.45, 7) is 0.620. The highest BCUT2D eigenvalue weighted by molar-refractivity contribution is 5.72. The lowest BCUT2D eigenvalue weighted by Gasteiger charge is -2.40. The quantitative estimate of drug-likeness (QED) is 0.832. The Balaban J connectivity index is 1.49. The Morgan fingerprint density at radius 3 is 2.74 bits per heavy atom. The van der Waals surface area contributed by atoms with E-state index in [1.807, 2.05) is 30.3 Å². The number of hydrogen-bond donors (Lipinski definition) is 1. The maximum atomic E-state index is 11.7. The highest BCUT2D eigenvalue weighted by atomic mass is 16.6. The summed E-state index contributed by atoms with van der Waals surface area (Å²) in [6, 6.07) is 9.48. The third-order valence-electron chi connectivity index (χ3n) is 3.71. The van der Waals surface area contributed by atoms with Crippen LogP contribution in [0.15, 0.2) is 30.3 Å². The van der Waals surface area contributed by atoms with E-state index in [2.05, 4.69) is 5.32 Å². The molecular weight excluding hydrogens is 246 g/mol. The van der Waals surface area contributed by atoms with Crippen LogP contribution < -0.4 is 5.32 Å². The molecule has 1 aromatic rings. The van der Waals surface area contributed by atoms with Crippen LogP contribution >= 0.6 is 0 Å². The second-order valence-electron chi connectivity index (χ2n) is 5.29. The van der Waals surface area contributed by atoms with Crippen LogP contribution in [0, 0.1) is 0 Å². The van der Waals surface area contributed by atoms with E-state index in [-0.39, 0.29) is 6.61 Å². The summed E-state index contributed by atoms with van der Waals surface area (Å²) < 4.78 is 10.5. The van der Waals surface area contributed by atoms with Crippen LogP contribution in [0.3, 0.4) is 0 Å². The van der Waals surface area contributed by atoms with Gasteiger partial charge < -0.3 is 19.6 Å². The lowest BCUT2D eigenvalue weighted by molar-refractivity contribution is -0.127. The smallest absolute Gasteiger partial charge is 0.407 e. The Kier molecular flexibility index (Phi) is 2.78. The van der Waals surface area contributed by atoms with E-state index in [1.165, 1.54) is 0 Å². The van der Waals surface area contributed by atoms with Crippen molar-refractivity contribution in [3.63, 3.8) is 0 Å². The highest BCUT2D eigenvalue weighted by Crippen LogP contribution is 2.50. The number of benzene rings is 1. The number of rotatable bonds is 4. The molecule has 100 valence electrons. The summed E-state index contributed by atoms with van der Waals surface area (Å²) in [7, 11) is 0. The van der Waals surface area contributed by atoms with Crippen molar-refractivity contribution in [2.45, 2.75) is 30.6 Å². The number of hydrogen-bond acceptors (Lipinski definition) is 4. The normalized spacial score (nSPS) is 31.4. The highest BCUT2D eigenvalue weighted by Gasteiger charge is 2.63. The van der Waals surface area contributed by atoms with Gasteiger partial charge in [0, 0.05) is 12.8 Å². The Morgan fingerprint density at radius 2 is 2.11 bits per heavy atom. The average Bonchev–Trinajstić information content (AvgIpc) is 2.93. The van der Waals surface area contributed by atoms with Gasteiger partial charge in [-0.2, -0.15) is 0 Å². The average molecular weight is 261 g/mol. The molecule has 1 N–H and O–H groups in total. The van der Waals surface area contributed by atoms with E-state index in [0.29, 0.717) is 19.4 Å². The van der Waals surface area contributed by atoms with E-state index in [1.54, 1.807) is 0 Å². The third kappa shape index (κ3) is 2.21. The summed E-state index contributed by atoms with van der Waals surface area (Å²) >= 11 is 0. The van der Waals surface area contributed by atoms with Gasteiger partial charge in [-0.25, -0.2) is 4.79 Å². The van der Waals surface area contributed by atoms with Gasteiger partial charge in [0.05, 0.1) is 12.1 Å². The fourth-order valence-electron chi connectivity index (χ4n) is 2.80. The molecule has 1 saturated carbocycles. The zero-order chi connectivity index (χ0) is 13.3. The van der Waals surface area contributed by atoms with Gasteiger partial charge >= 0.3 is 6.09 Å². The number of amides is 1. The first kappa shape index (κ1) is 12.2. The van der Waals surface area contributed by atoms with Crippen molar-refractivity contribution in [1.29, 1.82) is 0 Å². The minimum Gasteiger partial charge on any atom is -0.445 e. The van der Waals surface area contributed by atoms with Crippen molar-refractivity contribution in [2.75, 3.05) is 6.61 Å². The van der Waals surface area contributed by atoms with Crippen molar-refractivity contribution in [3.8, 4) is 0 Å². The molecular formula is C14H15NO4. The van der Waals surface area contributed by atoms with Crippen LogP contribution in [-0.2, 0) is 20.9 Å². The largest absolute Gasteiger partial charge is 0.445 e. The van der Waals surface area contributed by atoms with Crippen molar-refractivity contribution >= 4 is 12.4 Å². The summed E-state index contributed by atoms with van der Waals surface area (Å²) in [5.74, 6) is 0. The van der Waals surface area contributed by atoms with Crippen molar-refractivity contribution < 1.29 is 19.1 Å². The van der Waals surface area contributed by atoms with Gasteiger partial charge in [-0.3, -0.25) is 0 Å². The number of carbonyl (C=O) groups is 2. The molecule has 2 aliphatic heterocycles. The molecule has 3 fully saturated rings. The number of ether oxygens (including phenoxy) is 2. The van der Waals surface area contributed by atoms with Gasteiger partial charge in [0.15, 0.2) is 6.29 Å². The van der Waals surface area contributed by atoms with Crippen LogP contribution in [0.5, 0.6) is 0 Å². The Labute approximate surface area is 110 Å². The number of fused-ring (bicyclic) bond motifs is 1. The van der Waals surface area contributed by atoms with Gasteiger partial charge in [-0.1, -0.05) is 30.3 Å². The Hall–Kier alpha value is -1.88. The molecule has 4 rings (SSSR count). The van der Waals surface area contributed by atoms with Gasteiger partial charge in [0.2, 0.25) is 0 Å². The maximum absolute atomic E-state index is 11.7. The molecule has 2 saturated heterocycles. The van der Waals surface area contributed by atoms with E-state index >= 15 is 0 Å². The SMILES string of the molecule is O=CC12CC(NC(=O)OCc3ccccc3)(CO1)C2. The number of nitrogens with one attached hydrogen (secondary N) is 1. The van der Waals surface area contributed by atoms with Crippen LogP contribution in [0.4, 0.5) is 4.79 Å². The molecule has 3 aliphatic rings. The first-order chi connectivity index (χ1) is 9.15. The fraction of sp³-hybridized carbons (Fsp3) is 0.429. The zero-order valence-corrected chi connectivity index (χ0v) is 10.4. The summed E-state index contributed by atoms with van der Waals surface area (Å²) in [6.07, 6.45) is 1.46. The zero-order valence-electron chi connectivity index (χ0n) is 10.4.